The number of aromatic nitrogens is 2. The van der Waals surface area contributed by atoms with E-state index in [0.717, 1.165) is 17.4 Å². The van der Waals surface area contributed by atoms with Crippen molar-refractivity contribution in [3.63, 3.8) is 0 Å². The van der Waals surface area contributed by atoms with Gasteiger partial charge in [0.15, 0.2) is 0 Å². The Hall–Kier alpha value is -0.990. The van der Waals surface area contributed by atoms with Crippen LogP contribution in [0.5, 0.6) is 0 Å². The molecule has 0 aromatic carbocycles. The molecule has 1 aromatic heterocycles. The van der Waals surface area contributed by atoms with Crippen LogP contribution in [-0.4, -0.2) is 15.8 Å². The van der Waals surface area contributed by atoms with Crippen LogP contribution in [0, 0.1) is 12.8 Å². The van der Waals surface area contributed by atoms with Crippen molar-refractivity contribution in [3.05, 3.63) is 11.8 Å². The number of rotatable bonds is 2. The first-order valence-corrected chi connectivity index (χ1v) is 5.44. The molecule has 1 aliphatic carbocycles. The molecule has 0 spiro atoms. The Kier molecular flexibility index (Phi) is 2.48. The molecule has 0 saturated heterocycles. The molecular weight excluding hydrogens is 174 g/mol. The van der Waals surface area contributed by atoms with Crippen LogP contribution in [-0.2, 0) is 7.05 Å². The fourth-order valence-corrected chi connectivity index (χ4v) is 2.30. The zero-order valence-electron chi connectivity index (χ0n) is 9.25. The summed E-state index contributed by atoms with van der Waals surface area (Å²) >= 11 is 0. The Bertz CT molecular complexity index is 316. The maximum absolute atomic E-state index is 4.33. The molecule has 3 nitrogen and oxygen atoms in total. The lowest BCUT2D eigenvalue weighted by Gasteiger charge is -2.18. The minimum absolute atomic E-state index is 0.643. The maximum Gasteiger partial charge on any atom is 0.124 e. The van der Waals surface area contributed by atoms with E-state index in [2.05, 4.69) is 23.4 Å². The van der Waals surface area contributed by atoms with E-state index in [4.69, 9.17) is 0 Å². The standard InChI is InChI=1S/C11H19N3/c1-8-5-4-6-10(8)12-11-7-9(2)13-14(11)3/h7-8,10,12H,4-6H2,1-3H3. The quantitative estimate of drug-likeness (QED) is 0.781. The molecule has 1 fully saturated rings. The van der Waals surface area contributed by atoms with E-state index >= 15 is 0 Å². The number of nitrogens with one attached hydrogen (secondary N) is 1. The summed E-state index contributed by atoms with van der Waals surface area (Å²) in [4.78, 5) is 0. The summed E-state index contributed by atoms with van der Waals surface area (Å²) in [5.74, 6) is 1.95. The average molecular weight is 193 g/mol. The van der Waals surface area contributed by atoms with Gasteiger partial charge in [0.05, 0.1) is 5.69 Å². The van der Waals surface area contributed by atoms with Crippen LogP contribution in [0.3, 0.4) is 0 Å². The predicted octanol–water partition coefficient (Wildman–Crippen LogP) is 2.33. The zero-order valence-corrected chi connectivity index (χ0v) is 9.25. The largest absolute Gasteiger partial charge is 0.367 e. The summed E-state index contributed by atoms with van der Waals surface area (Å²) in [7, 11) is 1.99. The van der Waals surface area contributed by atoms with Crippen molar-refractivity contribution < 1.29 is 0 Å². The molecule has 3 heteroatoms. The van der Waals surface area contributed by atoms with Gasteiger partial charge in [-0.05, 0) is 25.7 Å². The molecule has 1 saturated carbocycles. The third-order valence-electron chi connectivity index (χ3n) is 3.20. The molecule has 0 bridgehead atoms. The lowest BCUT2D eigenvalue weighted by atomic mass is 10.1. The van der Waals surface area contributed by atoms with Crippen molar-refractivity contribution in [1.82, 2.24) is 9.78 Å². The van der Waals surface area contributed by atoms with Gasteiger partial charge in [-0.1, -0.05) is 13.3 Å². The van der Waals surface area contributed by atoms with Gasteiger partial charge in [0.1, 0.15) is 5.82 Å². The number of aryl methyl sites for hydroxylation is 2. The lowest BCUT2D eigenvalue weighted by Crippen LogP contribution is -2.23. The average Bonchev–Trinajstić information content (AvgIpc) is 2.62. The second-order valence-corrected chi connectivity index (χ2v) is 4.45. The molecule has 1 N–H and O–H groups in total. The fourth-order valence-electron chi connectivity index (χ4n) is 2.30. The molecule has 14 heavy (non-hydrogen) atoms. The van der Waals surface area contributed by atoms with Crippen molar-refractivity contribution in [2.45, 2.75) is 39.2 Å². The first-order valence-electron chi connectivity index (χ1n) is 5.44. The van der Waals surface area contributed by atoms with Crippen LogP contribution < -0.4 is 5.32 Å². The SMILES string of the molecule is Cc1cc(NC2CCCC2C)n(C)n1. The lowest BCUT2D eigenvalue weighted by molar-refractivity contribution is 0.550. The second kappa shape index (κ2) is 3.64. The Morgan fingerprint density at radius 3 is 2.79 bits per heavy atom. The van der Waals surface area contributed by atoms with Crippen LogP contribution in [0.25, 0.3) is 0 Å². The van der Waals surface area contributed by atoms with Crippen molar-refractivity contribution in [1.29, 1.82) is 0 Å². The van der Waals surface area contributed by atoms with Crippen LogP contribution in [0.2, 0.25) is 0 Å². The van der Waals surface area contributed by atoms with Crippen molar-refractivity contribution in [2.75, 3.05) is 5.32 Å². The van der Waals surface area contributed by atoms with Gasteiger partial charge in [0.25, 0.3) is 0 Å². The van der Waals surface area contributed by atoms with Crippen LogP contribution in [0.1, 0.15) is 31.9 Å². The molecule has 2 atom stereocenters. The van der Waals surface area contributed by atoms with Crippen molar-refractivity contribution in [2.24, 2.45) is 13.0 Å². The van der Waals surface area contributed by atoms with Gasteiger partial charge in [-0.15, -0.1) is 0 Å². The van der Waals surface area contributed by atoms with Gasteiger partial charge >= 0.3 is 0 Å². The van der Waals surface area contributed by atoms with Gasteiger partial charge in [0, 0.05) is 19.2 Å². The molecule has 1 aliphatic rings. The predicted molar refractivity (Wildman–Crippen MR) is 58.4 cm³/mol. The summed E-state index contributed by atoms with van der Waals surface area (Å²) < 4.78 is 1.93. The van der Waals surface area contributed by atoms with E-state index in [-0.39, 0.29) is 0 Å². The molecular formula is C11H19N3. The highest BCUT2D eigenvalue weighted by Gasteiger charge is 2.23. The van der Waals surface area contributed by atoms with Crippen molar-refractivity contribution >= 4 is 5.82 Å². The summed E-state index contributed by atoms with van der Waals surface area (Å²) in [6.45, 7) is 4.36. The Labute approximate surface area is 85.5 Å². The summed E-state index contributed by atoms with van der Waals surface area (Å²) in [6.07, 6.45) is 4.01. The number of hydrogen-bond acceptors (Lipinski definition) is 2. The van der Waals surface area contributed by atoms with E-state index in [9.17, 15) is 0 Å². The highest BCUT2D eigenvalue weighted by Crippen LogP contribution is 2.27. The summed E-state index contributed by atoms with van der Waals surface area (Å²) in [5, 5.41) is 7.91. The topological polar surface area (TPSA) is 29.9 Å². The molecule has 1 heterocycles. The fraction of sp³-hybridized carbons (Fsp3) is 0.727. The molecule has 0 radical (unpaired) electrons. The second-order valence-electron chi connectivity index (χ2n) is 4.45. The molecule has 1 aromatic rings. The molecule has 0 amide bonds. The van der Waals surface area contributed by atoms with Gasteiger partial charge < -0.3 is 5.32 Å². The van der Waals surface area contributed by atoms with Crippen molar-refractivity contribution in [3.8, 4) is 0 Å². The zero-order chi connectivity index (χ0) is 10.1. The molecule has 2 rings (SSSR count). The van der Waals surface area contributed by atoms with E-state index in [1.54, 1.807) is 0 Å². The number of anilines is 1. The van der Waals surface area contributed by atoms with E-state index in [0.29, 0.717) is 6.04 Å². The summed E-state index contributed by atoms with van der Waals surface area (Å²) in [6, 6.07) is 2.76. The monoisotopic (exact) mass is 193 g/mol. The smallest absolute Gasteiger partial charge is 0.124 e. The number of hydrogen-bond donors (Lipinski definition) is 1. The Morgan fingerprint density at radius 2 is 2.29 bits per heavy atom. The third-order valence-corrected chi connectivity index (χ3v) is 3.20. The first kappa shape index (κ1) is 9.56. The Morgan fingerprint density at radius 1 is 1.50 bits per heavy atom. The highest BCUT2D eigenvalue weighted by atomic mass is 15.3. The van der Waals surface area contributed by atoms with Gasteiger partial charge in [-0.2, -0.15) is 5.10 Å². The normalized spacial score (nSPS) is 26.8. The maximum atomic E-state index is 4.33. The minimum Gasteiger partial charge on any atom is -0.367 e. The number of nitrogens with zero attached hydrogens (tertiary/aromatic N) is 2. The highest BCUT2D eigenvalue weighted by molar-refractivity contribution is 5.38. The van der Waals surface area contributed by atoms with Gasteiger partial charge in [0.2, 0.25) is 0 Å². The van der Waals surface area contributed by atoms with Crippen LogP contribution in [0.15, 0.2) is 6.07 Å². The third kappa shape index (κ3) is 1.76. The minimum atomic E-state index is 0.643. The van der Waals surface area contributed by atoms with E-state index in [1.807, 2.05) is 18.7 Å². The Balaban J connectivity index is 2.06. The molecule has 0 aliphatic heterocycles. The van der Waals surface area contributed by atoms with Crippen LogP contribution in [0.4, 0.5) is 5.82 Å². The first-order chi connectivity index (χ1) is 6.66. The van der Waals surface area contributed by atoms with Gasteiger partial charge in [-0.25, -0.2) is 0 Å². The van der Waals surface area contributed by atoms with E-state index < -0.39 is 0 Å². The van der Waals surface area contributed by atoms with Crippen LogP contribution >= 0.6 is 0 Å². The van der Waals surface area contributed by atoms with E-state index in [1.165, 1.54) is 19.3 Å². The molecule has 2 unspecified atom stereocenters. The summed E-state index contributed by atoms with van der Waals surface area (Å²) in [5.41, 5.74) is 1.08. The molecule has 78 valence electrons. The van der Waals surface area contributed by atoms with Gasteiger partial charge in [-0.3, -0.25) is 4.68 Å².